The van der Waals surface area contributed by atoms with E-state index in [1.165, 1.54) is 18.2 Å². The molecule has 0 spiro atoms. The minimum atomic E-state index is -0.833. The van der Waals surface area contributed by atoms with Gasteiger partial charge in [-0.15, -0.1) is 0 Å². The van der Waals surface area contributed by atoms with Crippen molar-refractivity contribution >= 4 is 5.69 Å². The summed E-state index contributed by atoms with van der Waals surface area (Å²) >= 11 is 0. The Morgan fingerprint density at radius 1 is 1.05 bits per heavy atom. The number of nitrogens with zero attached hydrogens (tertiary/aromatic N) is 1. The van der Waals surface area contributed by atoms with Gasteiger partial charge in [0.2, 0.25) is 5.82 Å². The van der Waals surface area contributed by atoms with Crippen molar-refractivity contribution in [2.24, 2.45) is 0 Å². The standard InChI is InChI=1S/C15H14F2N2O2/c16-13-6-2-1-4-11(13)8-9-18-10-12-5-3-7-14(15(12)17)19(20)21/h1-7,18H,8-10H2. The Labute approximate surface area is 120 Å². The molecule has 110 valence electrons. The van der Waals surface area contributed by atoms with E-state index in [2.05, 4.69) is 5.32 Å². The fourth-order valence-electron chi connectivity index (χ4n) is 1.99. The lowest BCUT2D eigenvalue weighted by Crippen LogP contribution is -2.18. The van der Waals surface area contributed by atoms with E-state index in [0.717, 1.165) is 6.07 Å². The van der Waals surface area contributed by atoms with Gasteiger partial charge in [-0.1, -0.05) is 30.3 Å². The van der Waals surface area contributed by atoms with Crippen LogP contribution in [0.4, 0.5) is 14.5 Å². The van der Waals surface area contributed by atoms with Crippen LogP contribution in [0.5, 0.6) is 0 Å². The van der Waals surface area contributed by atoms with Crippen LogP contribution < -0.4 is 5.32 Å². The smallest absolute Gasteiger partial charge is 0.305 e. The van der Waals surface area contributed by atoms with Crippen LogP contribution in [0, 0.1) is 21.7 Å². The minimum absolute atomic E-state index is 0.155. The SMILES string of the molecule is O=[N+]([O-])c1cccc(CNCCc2ccccc2F)c1F. The third kappa shape index (κ3) is 3.82. The number of rotatable bonds is 6. The molecule has 0 fully saturated rings. The number of nitrogens with one attached hydrogen (secondary N) is 1. The van der Waals surface area contributed by atoms with Crippen molar-refractivity contribution in [3.8, 4) is 0 Å². The van der Waals surface area contributed by atoms with E-state index < -0.39 is 16.4 Å². The maximum Gasteiger partial charge on any atom is 0.305 e. The number of hydrogen-bond acceptors (Lipinski definition) is 3. The zero-order valence-electron chi connectivity index (χ0n) is 11.2. The molecule has 0 radical (unpaired) electrons. The van der Waals surface area contributed by atoms with Crippen LogP contribution in [-0.2, 0) is 13.0 Å². The molecule has 0 heterocycles. The summed E-state index contributed by atoms with van der Waals surface area (Å²) in [6, 6.07) is 10.5. The fourth-order valence-corrected chi connectivity index (χ4v) is 1.99. The molecular weight excluding hydrogens is 278 g/mol. The lowest BCUT2D eigenvalue weighted by Gasteiger charge is -2.07. The summed E-state index contributed by atoms with van der Waals surface area (Å²) in [5, 5.41) is 13.6. The average Bonchev–Trinajstić information content (AvgIpc) is 2.46. The zero-order valence-corrected chi connectivity index (χ0v) is 11.2. The summed E-state index contributed by atoms with van der Waals surface area (Å²) in [5.74, 6) is -1.11. The first-order valence-electron chi connectivity index (χ1n) is 6.45. The van der Waals surface area contributed by atoms with Gasteiger partial charge in [0.25, 0.3) is 0 Å². The van der Waals surface area contributed by atoms with Gasteiger partial charge >= 0.3 is 5.69 Å². The predicted octanol–water partition coefficient (Wildman–Crippen LogP) is 3.21. The highest BCUT2D eigenvalue weighted by atomic mass is 19.1. The van der Waals surface area contributed by atoms with E-state index in [1.807, 2.05) is 0 Å². The molecule has 21 heavy (non-hydrogen) atoms. The highest BCUT2D eigenvalue weighted by molar-refractivity contribution is 5.36. The molecule has 0 saturated heterocycles. The molecule has 6 heteroatoms. The molecule has 1 N–H and O–H groups in total. The van der Waals surface area contributed by atoms with Crippen LogP contribution in [0.3, 0.4) is 0 Å². The normalized spacial score (nSPS) is 10.6. The van der Waals surface area contributed by atoms with E-state index in [1.54, 1.807) is 18.2 Å². The van der Waals surface area contributed by atoms with Gasteiger partial charge in [-0.25, -0.2) is 4.39 Å². The summed E-state index contributed by atoms with van der Waals surface area (Å²) < 4.78 is 27.2. The molecule has 0 unspecified atom stereocenters. The first-order valence-corrected chi connectivity index (χ1v) is 6.45. The van der Waals surface area contributed by atoms with Crippen molar-refractivity contribution in [2.75, 3.05) is 6.54 Å². The number of nitro groups is 1. The molecule has 0 bridgehead atoms. The quantitative estimate of drug-likeness (QED) is 0.505. The first-order chi connectivity index (χ1) is 10.1. The molecule has 0 aromatic heterocycles. The Morgan fingerprint density at radius 2 is 1.76 bits per heavy atom. The van der Waals surface area contributed by atoms with Gasteiger partial charge in [-0.3, -0.25) is 10.1 Å². The van der Waals surface area contributed by atoms with Gasteiger partial charge in [0, 0.05) is 18.2 Å². The summed E-state index contributed by atoms with van der Waals surface area (Å²) in [5.41, 5.74) is 0.255. The van der Waals surface area contributed by atoms with E-state index >= 15 is 0 Å². The van der Waals surface area contributed by atoms with Crippen molar-refractivity contribution in [3.05, 3.63) is 75.3 Å². The Kier molecular flexibility index (Phi) is 4.94. The van der Waals surface area contributed by atoms with Gasteiger partial charge in [-0.2, -0.15) is 4.39 Å². The van der Waals surface area contributed by atoms with Crippen molar-refractivity contribution < 1.29 is 13.7 Å². The highest BCUT2D eigenvalue weighted by Crippen LogP contribution is 2.19. The second-order valence-electron chi connectivity index (χ2n) is 4.53. The monoisotopic (exact) mass is 292 g/mol. The van der Waals surface area contributed by atoms with Gasteiger partial charge in [0.05, 0.1) is 4.92 Å². The molecule has 0 amide bonds. The lowest BCUT2D eigenvalue weighted by atomic mass is 10.1. The van der Waals surface area contributed by atoms with E-state index in [-0.39, 0.29) is 17.9 Å². The number of hydrogen-bond donors (Lipinski definition) is 1. The molecule has 4 nitrogen and oxygen atoms in total. The maximum absolute atomic E-state index is 13.8. The molecule has 2 aromatic carbocycles. The maximum atomic E-state index is 13.8. The van der Waals surface area contributed by atoms with E-state index in [0.29, 0.717) is 18.5 Å². The van der Waals surface area contributed by atoms with Crippen LogP contribution in [0.1, 0.15) is 11.1 Å². The van der Waals surface area contributed by atoms with Crippen molar-refractivity contribution in [1.82, 2.24) is 5.32 Å². The Balaban J connectivity index is 1.91. The predicted molar refractivity (Wildman–Crippen MR) is 74.9 cm³/mol. The van der Waals surface area contributed by atoms with Gasteiger partial charge in [-0.05, 0) is 24.6 Å². The van der Waals surface area contributed by atoms with E-state index in [4.69, 9.17) is 0 Å². The van der Waals surface area contributed by atoms with Crippen LogP contribution in [0.15, 0.2) is 42.5 Å². The zero-order chi connectivity index (χ0) is 15.2. The average molecular weight is 292 g/mol. The molecule has 2 aromatic rings. The Bertz CT molecular complexity index is 647. The van der Waals surface area contributed by atoms with Crippen LogP contribution in [-0.4, -0.2) is 11.5 Å². The van der Waals surface area contributed by atoms with Crippen LogP contribution in [0.2, 0.25) is 0 Å². The molecular formula is C15H14F2N2O2. The summed E-state index contributed by atoms with van der Waals surface area (Å²) in [7, 11) is 0. The Hall–Kier alpha value is -2.34. The number of halogens is 2. The highest BCUT2D eigenvalue weighted by Gasteiger charge is 2.16. The van der Waals surface area contributed by atoms with Gasteiger partial charge < -0.3 is 5.32 Å². The minimum Gasteiger partial charge on any atom is -0.312 e. The number of benzene rings is 2. The molecule has 0 saturated carbocycles. The summed E-state index contributed by atoms with van der Waals surface area (Å²) in [4.78, 5) is 9.88. The summed E-state index contributed by atoms with van der Waals surface area (Å²) in [6.45, 7) is 0.602. The molecule has 2 rings (SSSR count). The molecule has 0 aliphatic carbocycles. The third-order valence-corrected chi connectivity index (χ3v) is 3.10. The lowest BCUT2D eigenvalue weighted by molar-refractivity contribution is -0.387. The van der Waals surface area contributed by atoms with Gasteiger partial charge in [0.1, 0.15) is 5.82 Å². The number of nitro benzene ring substituents is 1. The van der Waals surface area contributed by atoms with E-state index in [9.17, 15) is 18.9 Å². The van der Waals surface area contributed by atoms with Crippen molar-refractivity contribution in [2.45, 2.75) is 13.0 Å². The topological polar surface area (TPSA) is 55.2 Å². The molecule has 0 atom stereocenters. The van der Waals surface area contributed by atoms with Crippen molar-refractivity contribution in [1.29, 1.82) is 0 Å². The largest absolute Gasteiger partial charge is 0.312 e. The van der Waals surface area contributed by atoms with Crippen LogP contribution in [0.25, 0.3) is 0 Å². The summed E-state index contributed by atoms with van der Waals surface area (Å²) in [6.07, 6.45) is 0.462. The second-order valence-corrected chi connectivity index (χ2v) is 4.53. The van der Waals surface area contributed by atoms with Crippen molar-refractivity contribution in [3.63, 3.8) is 0 Å². The Morgan fingerprint density at radius 3 is 2.48 bits per heavy atom. The second kappa shape index (κ2) is 6.90. The molecule has 0 aliphatic rings. The first kappa shape index (κ1) is 15.1. The third-order valence-electron chi connectivity index (χ3n) is 3.10. The fraction of sp³-hybridized carbons (Fsp3) is 0.200. The van der Waals surface area contributed by atoms with Gasteiger partial charge in [0.15, 0.2) is 0 Å². The van der Waals surface area contributed by atoms with Crippen LogP contribution >= 0.6 is 0 Å². The molecule has 0 aliphatic heterocycles.